The maximum Gasteiger partial charge on any atom is 0.316 e. The Morgan fingerprint density at radius 2 is 1.58 bits per heavy atom. The first-order valence-electron chi connectivity index (χ1n) is 11.5. The summed E-state index contributed by atoms with van der Waals surface area (Å²) in [6.45, 7) is 2.21. The van der Waals surface area contributed by atoms with Gasteiger partial charge in [-0.1, -0.05) is 31.0 Å². The van der Waals surface area contributed by atoms with Crippen LogP contribution in [0.1, 0.15) is 37.7 Å². The minimum absolute atomic E-state index is 0.0823. The van der Waals surface area contributed by atoms with Gasteiger partial charge in [0.2, 0.25) is 17.7 Å². The van der Waals surface area contributed by atoms with Crippen LogP contribution in [-0.2, 0) is 19.2 Å². The molecule has 0 bridgehead atoms. The second-order valence-corrected chi connectivity index (χ2v) is 9.17. The van der Waals surface area contributed by atoms with Crippen LogP contribution in [0.2, 0.25) is 0 Å². The second kappa shape index (κ2) is 8.46. The van der Waals surface area contributed by atoms with Crippen molar-refractivity contribution in [1.82, 2.24) is 0 Å². The lowest BCUT2D eigenvalue weighted by atomic mass is 9.81. The van der Waals surface area contributed by atoms with E-state index >= 15 is 0 Å². The largest absolute Gasteiger partial charge is 0.426 e. The smallest absolute Gasteiger partial charge is 0.316 e. The number of anilines is 2. The Labute approximate surface area is 192 Å². The lowest BCUT2D eigenvalue weighted by molar-refractivity contribution is -0.139. The minimum Gasteiger partial charge on any atom is -0.426 e. The Morgan fingerprint density at radius 1 is 0.909 bits per heavy atom. The number of hydrogen-bond donors (Lipinski definition) is 0. The van der Waals surface area contributed by atoms with E-state index in [1.54, 1.807) is 29.2 Å². The minimum atomic E-state index is -0.584. The zero-order chi connectivity index (χ0) is 23.1. The summed E-state index contributed by atoms with van der Waals surface area (Å²) in [5, 5.41) is 0. The molecule has 7 heteroatoms. The van der Waals surface area contributed by atoms with Crippen molar-refractivity contribution < 1.29 is 23.9 Å². The van der Waals surface area contributed by atoms with Crippen molar-refractivity contribution in [2.75, 3.05) is 16.3 Å². The summed E-state index contributed by atoms with van der Waals surface area (Å²) in [4.78, 5) is 53.9. The Balaban J connectivity index is 1.29. The highest BCUT2D eigenvalue weighted by atomic mass is 16.5. The number of esters is 1. The Bertz CT molecular complexity index is 1120. The van der Waals surface area contributed by atoms with Crippen LogP contribution >= 0.6 is 0 Å². The quantitative estimate of drug-likeness (QED) is 0.407. The number of amides is 3. The van der Waals surface area contributed by atoms with Crippen molar-refractivity contribution in [3.63, 3.8) is 0 Å². The molecule has 0 radical (unpaired) electrons. The Hall–Kier alpha value is -3.48. The van der Waals surface area contributed by atoms with Gasteiger partial charge < -0.3 is 9.64 Å². The molecular weight excluding hydrogens is 420 g/mol. The van der Waals surface area contributed by atoms with Gasteiger partial charge in [0.1, 0.15) is 5.75 Å². The first kappa shape index (κ1) is 21.4. The molecule has 7 nitrogen and oxygen atoms in total. The van der Waals surface area contributed by atoms with Crippen LogP contribution in [0.25, 0.3) is 0 Å². The molecule has 1 saturated carbocycles. The molecule has 2 saturated heterocycles. The van der Waals surface area contributed by atoms with Crippen molar-refractivity contribution in [2.45, 2.75) is 39.0 Å². The van der Waals surface area contributed by atoms with Crippen LogP contribution in [0, 0.1) is 24.7 Å². The molecule has 33 heavy (non-hydrogen) atoms. The van der Waals surface area contributed by atoms with Crippen LogP contribution < -0.4 is 14.5 Å². The summed E-state index contributed by atoms with van der Waals surface area (Å²) in [6, 6.07) is 14.1. The van der Waals surface area contributed by atoms with Crippen molar-refractivity contribution in [3.8, 4) is 5.75 Å². The van der Waals surface area contributed by atoms with Gasteiger partial charge in [-0.05, 0) is 49.6 Å². The van der Waals surface area contributed by atoms with E-state index in [9.17, 15) is 19.2 Å². The molecule has 3 fully saturated rings. The van der Waals surface area contributed by atoms with Crippen LogP contribution in [0.15, 0.2) is 48.5 Å². The predicted octanol–water partition coefficient (Wildman–Crippen LogP) is 3.63. The zero-order valence-corrected chi connectivity index (χ0v) is 18.5. The molecule has 0 spiro atoms. The summed E-state index contributed by atoms with van der Waals surface area (Å²) in [6.07, 6.45) is 3.50. The number of carbonyl (C=O) groups is 4. The highest BCUT2D eigenvalue weighted by Crippen LogP contribution is 2.40. The lowest BCUT2D eigenvalue weighted by Crippen LogP contribution is -2.31. The summed E-state index contributed by atoms with van der Waals surface area (Å²) >= 11 is 0. The monoisotopic (exact) mass is 446 g/mol. The van der Waals surface area contributed by atoms with Gasteiger partial charge in [0.15, 0.2) is 0 Å². The van der Waals surface area contributed by atoms with Gasteiger partial charge in [-0.25, -0.2) is 4.90 Å². The van der Waals surface area contributed by atoms with Crippen LogP contribution in [0.5, 0.6) is 5.75 Å². The molecule has 3 atom stereocenters. The third kappa shape index (κ3) is 3.92. The fraction of sp³-hybridized carbons (Fsp3) is 0.385. The van der Waals surface area contributed by atoms with E-state index in [4.69, 9.17) is 4.74 Å². The molecular formula is C26H26N2O5. The Kier molecular flexibility index (Phi) is 5.48. The maximum atomic E-state index is 12.9. The average molecular weight is 447 g/mol. The molecule has 2 heterocycles. The van der Waals surface area contributed by atoms with Crippen molar-refractivity contribution in [2.24, 2.45) is 17.8 Å². The first-order valence-corrected chi connectivity index (χ1v) is 11.5. The molecule has 2 aliphatic heterocycles. The van der Waals surface area contributed by atoms with Gasteiger partial charge in [-0.15, -0.1) is 0 Å². The van der Waals surface area contributed by atoms with Gasteiger partial charge in [0.25, 0.3) is 0 Å². The number of hydrogen-bond acceptors (Lipinski definition) is 5. The van der Waals surface area contributed by atoms with Crippen LogP contribution in [-0.4, -0.2) is 30.2 Å². The van der Waals surface area contributed by atoms with E-state index in [1.807, 2.05) is 31.2 Å². The fourth-order valence-electron chi connectivity index (χ4n) is 5.21. The SMILES string of the molecule is Cc1cccc(N2C[C@H](C(=O)Oc3cccc(N4C(=O)[C@H]5CCCC[C@@H]5C4=O)c3)CC2=O)c1. The van der Waals surface area contributed by atoms with E-state index in [0.717, 1.165) is 36.9 Å². The zero-order valence-electron chi connectivity index (χ0n) is 18.5. The van der Waals surface area contributed by atoms with Gasteiger partial charge in [-0.2, -0.15) is 0 Å². The second-order valence-electron chi connectivity index (χ2n) is 9.17. The highest BCUT2D eigenvalue weighted by Gasteiger charge is 2.48. The molecule has 2 aromatic carbocycles. The number of imide groups is 1. The Morgan fingerprint density at radius 3 is 2.27 bits per heavy atom. The van der Waals surface area contributed by atoms with Gasteiger partial charge >= 0.3 is 5.97 Å². The molecule has 0 N–H and O–H groups in total. The van der Waals surface area contributed by atoms with E-state index in [1.165, 1.54) is 4.90 Å². The van der Waals surface area contributed by atoms with Crippen molar-refractivity contribution in [1.29, 1.82) is 0 Å². The average Bonchev–Trinajstić information content (AvgIpc) is 3.32. The lowest BCUT2D eigenvalue weighted by Gasteiger charge is -2.19. The van der Waals surface area contributed by atoms with Crippen molar-refractivity contribution in [3.05, 3.63) is 54.1 Å². The summed E-state index contributed by atoms with van der Waals surface area (Å²) < 4.78 is 5.58. The number of benzene rings is 2. The van der Waals surface area contributed by atoms with E-state index < -0.39 is 11.9 Å². The summed E-state index contributed by atoms with van der Waals surface area (Å²) in [7, 11) is 0. The molecule has 0 unspecified atom stereocenters. The number of nitrogens with zero attached hydrogens (tertiary/aromatic N) is 2. The van der Waals surface area contributed by atoms with Crippen molar-refractivity contribution >= 4 is 35.1 Å². The predicted molar refractivity (Wildman–Crippen MR) is 122 cm³/mol. The maximum absolute atomic E-state index is 12.9. The summed E-state index contributed by atoms with van der Waals surface area (Å²) in [5.41, 5.74) is 2.23. The molecule has 1 aliphatic carbocycles. The number of carbonyl (C=O) groups excluding carboxylic acids is 4. The molecule has 170 valence electrons. The first-order chi connectivity index (χ1) is 15.9. The van der Waals surface area contributed by atoms with E-state index in [0.29, 0.717) is 5.69 Å². The fourth-order valence-corrected chi connectivity index (χ4v) is 5.21. The van der Waals surface area contributed by atoms with E-state index in [2.05, 4.69) is 0 Å². The van der Waals surface area contributed by atoms with Gasteiger partial charge in [-0.3, -0.25) is 19.2 Å². The highest BCUT2D eigenvalue weighted by molar-refractivity contribution is 6.22. The number of aryl methyl sites for hydroxylation is 1. The normalized spacial score (nSPS) is 24.9. The van der Waals surface area contributed by atoms with Gasteiger partial charge in [0.05, 0.1) is 23.4 Å². The number of fused-ring (bicyclic) bond motifs is 1. The standard InChI is InChI=1S/C26H26N2O5/c1-16-6-4-7-18(12-16)27-15-17(13-23(27)29)26(32)33-20-9-5-8-19(14-20)28-24(30)21-10-2-3-11-22(21)25(28)31/h4-9,12,14,17,21-22H,2-3,10-11,13,15H2,1H3/t17-,21+,22+/m1/s1. The molecule has 3 aliphatic rings. The third-order valence-electron chi connectivity index (χ3n) is 6.91. The topological polar surface area (TPSA) is 84.0 Å². The summed E-state index contributed by atoms with van der Waals surface area (Å²) in [5.74, 6) is -1.75. The van der Waals surface area contributed by atoms with Crippen LogP contribution in [0.3, 0.4) is 0 Å². The molecule has 5 rings (SSSR count). The van der Waals surface area contributed by atoms with E-state index in [-0.39, 0.29) is 48.3 Å². The molecule has 2 aromatic rings. The molecule has 0 aromatic heterocycles. The van der Waals surface area contributed by atoms with Crippen LogP contribution in [0.4, 0.5) is 11.4 Å². The number of ether oxygens (including phenoxy) is 1. The molecule has 3 amide bonds. The third-order valence-corrected chi connectivity index (χ3v) is 6.91. The van der Waals surface area contributed by atoms with Gasteiger partial charge in [0, 0.05) is 24.7 Å². The number of rotatable bonds is 4.